The van der Waals surface area contributed by atoms with Crippen LogP contribution in [0.5, 0.6) is 5.75 Å². The van der Waals surface area contributed by atoms with Crippen LogP contribution in [0.1, 0.15) is 37.3 Å². The van der Waals surface area contributed by atoms with Gasteiger partial charge in [0, 0.05) is 17.0 Å². The molecule has 102 valence electrons. The van der Waals surface area contributed by atoms with Gasteiger partial charge in [-0.05, 0) is 36.7 Å². The summed E-state index contributed by atoms with van der Waals surface area (Å²) in [4.78, 5) is 6.06. The summed E-state index contributed by atoms with van der Waals surface area (Å²) in [7, 11) is 0. The smallest absolute Gasteiger partial charge is 0.123 e. The third kappa shape index (κ3) is 3.33. The van der Waals surface area contributed by atoms with E-state index in [1.54, 1.807) is 23.5 Å². The minimum Gasteiger partial charge on any atom is -0.508 e. The molecule has 3 nitrogen and oxygen atoms in total. The Balaban J connectivity index is 2.33. The lowest BCUT2D eigenvalue weighted by molar-refractivity contribution is 0.475. The molecule has 0 aliphatic rings. The van der Waals surface area contributed by atoms with E-state index in [0.717, 1.165) is 23.7 Å². The fourth-order valence-electron chi connectivity index (χ4n) is 1.91. The van der Waals surface area contributed by atoms with Gasteiger partial charge in [0.15, 0.2) is 0 Å². The van der Waals surface area contributed by atoms with Gasteiger partial charge in [0.25, 0.3) is 0 Å². The zero-order chi connectivity index (χ0) is 13.8. The minimum atomic E-state index is 0.289. The number of hydrogen-bond donors (Lipinski definition) is 2. The molecule has 2 rings (SSSR count). The molecule has 1 aromatic heterocycles. The van der Waals surface area contributed by atoms with Crippen LogP contribution in [0.25, 0.3) is 10.6 Å². The zero-order valence-corrected chi connectivity index (χ0v) is 12.4. The van der Waals surface area contributed by atoms with Crippen molar-refractivity contribution in [3.05, 3.63) is 34.8 Å². The van der Waals surface area contributed by atoms with E-state index in [0.29, 0.717) is 5.92 Å². The summed E-state index contributed by atoms with van der Waals surface area (Å²) in [6.07, 6.45) is 0. The van der Waals surface area contributed by atoms with Crippen LogP contribution in [0.3, 0.4) is 0 Å². The fourth-order valence-corrected chi connectivity index (χ4v) is 3.10. The molecule has 0 aliphatic carbocycles. The second kappa shape index (κ2) is 6.17. The lowest BCUT2D eigenvalue weighted by Gasteiger charge is -2.04. The van der Waals surface area contributed by atoms with Gasteiger partial charge < -0.3 is 10.4 Å². The molecule has 0 radical (unpaired) electrons. The SMILES string of the molecule is CCNCc1sc(-c2ccc(O)cc2)nc1C(C)C. The monoisotopic (exact) mass is 276 g/mol. The standard InChI is InChI=1S/C15H20N2OS/c1-4-16-9-13-14(10(2)3)17-15(19-13)11-5-7-12(18)8-6-11/h5-8,10,16,18H,4,9H2,1-3H3. The van der Waals surface area contributed by atoms with Crippen molar-refractivity contribution in [1.82, 2.24) is 10.3 Å². The molecule has 0 atom stereocenters. The number of thiazole rings is 1. The van der Waals surface area contributed by atoms with Crippen LogP contribution < -0.4 is 5.32 Å². The first-order valence-electron chi connectivity index (χ1n) is 6.61. The third-order valence-corrected chi connectivity index (χ3v) is 4.04. The van der Waals surface area contributed by atoms with E-state index >= 15 is 0 Å². The normalized spacial score (nSPS) is 11.2. The van der Waals surface area contributed by atoms with E-state index < -0.39 is 0 Å². The molecule has 0 saturated carbocycles. The van der Waals surface area contributed by atoms with Crippen molar-refractivity contribution >= 4 is 11.3 Å². The first kappa shape index (κ1) is 14.0. The number of phenols is 1. The molecule has 2 N–H and O–H groups in total. The van der Waals surface area contributed by atoms with Gasteiger partial charge in [0.1, 0.15) is 10.8 Å². The summed E-state index contributed by atoms with van der Waals surface area (Å²) in [5.74, 6) is 0.716. The molecule has 1 heterocycles. The van der Waals surface area contributed by atoms with E-state index in [4.69, 9.17) is 4.98 Å². The predicted molar refractivity (Wildman–Crippen MR) is 80.7 cm³/mol. The maximum atomic E-state index is 9.34. The van der Waals surface area contributed by atoms with Crippen LogP contribution >= 0.6 is 11.3 Å². The van der Waals surface area contributed by atoms with Gasteiger partial charge in [0.2, 0.25) is 0 Å². The van der Waals surface area contributed by atoms with Crippen molar-refractivity contribution in [2.75, 3.05) is 6.54 Å². The average Bonchev–Trinajstić information content (AvgIpc) is 2.81. The predicted octanol–water partition coefficient (Wildman–Crippen LogP) is 3.75. The lowest BCUT2D eigenvalue weighted by atomic mass is 10.1. The van der Waals surface area contributed by atoms with Crippen LogP contribution in [0, 0.1) is 0 Å². The van der Waals surface area contributed by atoms with Gasteiger partial charge in [-0.3, -0.25) is 0 Å². The Kier molecular flexibility index (Phi) is 4.56. The Morgan fingerprint density at radius 1 is 1.26 bits per heavy atom. The number of aromatic nitrogens is 1. The first-order valence-corrected chi connectivity index (χ1v) is 7.43. The summed E-state index contributed by atoms with van der Waals surface area (Å²) in [5.41, 5.74) is 2.24. The molecular formula is C15H20N2OS. The molecule has 4 heteroatoms. The van der Waals surface area contributed by atoms with E-state index in [-0.39, 0.29) is 5.75 Å². The number of nitrogens with one attached hydrogen (secondary N) is 1. The summed E-state index contributed by atoms with van der Waals surface area (Å²) in [5, 5.41) is 13.7. The number of benzene rings is 1. The number of hydrogen-bond acceptors (Lipinski definition) is 4. The summed E-state index contributed by atoms with van der Waals surface area (Å²) < 4.78 is 0. The molecule has 0 fully saturated rings. The highest BCUT2D eigenvalue weighted by atomic mass is 32.1. The van der Waals surface area contributed by atoms with Crippen LogP contribution in [0.2, 0.25) is 0 Å². The average molecular weight is 276 g/mol. The maximum Gasteiger partial charge on any atom is 0.123 e. The van der Waals surface area contributed by atoms with Crippen molar-refractivity contribution in [3.8, 4) is 16.3 Å². The molecule has 0 unspecified atom stereocenters. The van der Waals surface area contributed by atoms with E-state index in [9.17, 15) is 5.11 Å². The Labute approximate surface area is 118 Å². The van der Waals surface area contributed by atoms with Crippen LogP contribution in [-0.2, 0) is 6.54 Å². The zero-order valence-electron chi connectivity index (χ0n) is 11.6. The van der Waals surface area contributed by atoms with Crippen molar-refractivity contribution in [3.63, 3.8) is 0 Å². The third-order valence-electron chi connectivity index (χ3n) is 2.92. The molecule has 0 bridgehead atoms. The van der Waals surface area contributed by atoms with E-state index in [1.165, 1.54) is 10.6 Å². The Morgan fingerprint density at radius 2 is 1.95 bits per heavy atom. The Morgan fingerprint density at radius 3 is 2.53 bits per heavy atom. The van der Waals surface area contributed by atoms with Gasteiger partial charge in [-0.25, -0.2) is 4.98 Å². The molecule has 0 aliphatic heterocycles. The highest BCUT2D eigenvalue weighted by Crippen LogP contribution is 2.32. The quantitative estimate of drug-likeness (QED) is 0.874. The second-order valence-electron chi connectivity index (χ2n) is 4.81. The molecule has 0 amide bonds. The van der Waals surface area contributed by atoms with Gasteiger partial charge in [-0.1, -0.05) is 20.8 Å². The van der Waals surface area contributed by atoms with Crippen molar-refractivity contribution < 1.29 is 5.11 Å². The maximum absolute atomic E-state index is 9.34. The summed E-state index contributed by atoms with van der Waals surface area (Å²) >= 11 is 1.73. The number of phenolic OH excluding ortho intramolecular Hbond substituents is 1. The first-order chi connectivity index (χ1) is 9.11. The molecule has 1 aromatic carbocycles. The number of aromatic hydroxyl groups is 1. The van der Waals surface area contributed by atoms with Gasteiger partial charge >= 0.3 is 0 Å². The van der Waals surface area contributed by atoms with E-state index in [1.807, 2.05) is 12.1 Å². The highest BCUT2D eigenvalue weighted by Gasteiger charge is 2.14. The topological polar surface area (TPSA) is 45.1 Å². The molecule has 0 saturated heterocycles. The minimum absolute atomic E-state index is 0.289. The van der Waals surface area contributed by atoms with Crippen LogP contribution in [0.15, 0.2) is 24.3 Å². The molecule has 19 heavy (non-hydrogen) atoms. The Hall–Kier alpha value is -1.39. The van der Waals surface area contributed by atoms with Crippen molar-refractivity contribution in [2.45, 2.75) is 33.2 Å². The van der Waals surface area contributed by atoms with Crippen molar-refractivity contribution in [1.29, 1.82) is 0 Å². The lowest BCUT2D eigenvalue weighted by Crippen LogP contribution is -2.12. The number of nitrogens with zero attached hydrogens (tertiary/aromatic N) is 1. The largest absolute Gasteiger partial charge is 0.508 e. The van der Waals surface area contributed by atoms with Gasteiger partial charge in [-0.2, -0.15) is 0 Å². The van der Waals surface area contributed by atoms with Gasteiger partial charge in [-0.15, -0.1) is 11.3 Å². The second-order valence-corrected chi connectivity index (χ2v) is 5.89. The summed E-state index contributed by atoms with van der Waals surface area (Å²) in [6, 6.07) is 7.23. The molecule has 2 aromatic rings. The summed E-state index contributed by atoms with van der Waals surface area (Å²) in [6.45, 7) is 8.29. The molecule has 0 spiro atoms. The Bertz CT molecular complexity index is 532. The van der Waals surface area contributed by atoms with E-state index in [2.05, 4.69) is 26.1 Å². The van der Waals surface area contributed by atoms with Crippen molar-refractivity contribution in [2.24, 2.45) is 0 Å². The van der Waals surface area contributed by atoms with Crippen LogP contribution in [-0.4, -0.2) is 16.6 Å². The fraction of sp³-hybridized carbons (Fsp3) is 0.400. The van der Waals surface area contributed by atoms with Crippen LogP contribution in [0.4, 0.5) is 0 Å². The highest BCUT2D eigenvalue weighted by molar-refractivity contribution is 7.15. The number of rotatable bonds is 5. The van der Waals surface area contributed by atoms with Gasteiger partial charge in [0.05, 0.1) is 5.69 Å². The molecular weight excluding hydrogens is 256 g/mol.